The smallest absolute Gasteiger partial charge is 0.338 e. The van der Waals surface area contributed by atoms with Crippen LogP contribution in [0.4, 0.5) is 0 Å². The minimum absolute atomic E-state index is 0.105. The molecular weight excluding hydrogens is 372 g/mol. The van der Waals surface area contributed by atoms with E-state index in [1.807, 2.05) is 26.8 Å². The Hall–Kier alpha value is -3.35. The molecule has 0 fully saturated rings. The molecular formula is C22H24N2O5. The first kappa shape index (κ1) is 20.4. The van der Waals surface area contributed by atoms with E-state index in [-0.39, 0.29) is 12.2 Å². The second-order valence-electron chi connectivity index (χ2n) is 7.17. The third-order valence-electron chi connectivity index (χ3n) is 4.18. The molecule has 0 aliphatic rings. The molecule has 2 heterocycles. The Bertz CT molecular complexity index is 1090. The Morgan fingerprint density at radius 3 is 2.66 bits per heavy atom. The number of nitrogens with zero attached hydrogens (tertiary/aromatic N) is 2. The van der Waals surface area contributed by atoms with Crippen molar-refractivity contribution in [2.24, 2.45) is 5.92 Å². The number of carbonyl (C=O) groups is 1. The summed E-state index contributed by atoms with van der Waals surface area (Å²) in [5, 5.41) is 0. The van der Waals surface area contributed by atoms with Gasteiger partial charge >= 0.3 is 5.97 Å². The first-order chi connectivity index (χ1) is 13.9. The number of ether oxygens (including phenoxy) is 3. The van der Waals surface area contributed by atoms with Gasteiger partial charge in [-0.1, -0.05) is 19.9 Å². The third-order valence-corrected chi connectivity index (χ3v) is 4.18. The second kappa shape index (κ2) is 8.77. The Labute approximate surface area is 168 Å². The molecule has 0 amide bonds. The van der Waals surface area contributed by atoms with Gasteiger partial charge in [0, 0.05) is 12.3 Å². The number of aromatic nitrogens is 2. The van der Waals surface area contributed by atoms with Crippen LogP contribution >= 0.6 is 0 Å². The minimum Gasteiger partial charge on any atom is -0.493 e. The number of aryl methyl sites for hydroxylation is 1. The molecule has 152 valence electrons. The first-order valence-electron chi connectivity index (χ1n) is 9.34. The highest BCUT2D eigenvalue weighted by Gasteiger charge is 2.14. The SMILES string of the molecule is COc1cc(C(=O)OCc2cc(=O)n3cc(C)ccc3n2)ccc1OCC(C)C. The normalized spacial score (nSPS) is 10.9. The maximum absolute atomic E-state index is 12.4. The van der Waals surface area contributed by atoms with Crippen molar-refractivity contribution in [3.8, 4) is 11.5 Å². The fourth-order valence-electron chi connectivity index (χ4n) is 2.73. The van der Waals surface area contributed by atoms with Crippen LogP contribution in [-0.2, 0) is 11.3 Å². The zero-order valence-corrected chi connectivity index (χ0v) is 17.0. The zero-order chi connectivity index (χ0) is 21.0. The molecule has 0 radical (unpaired) electrons. The number of fused-ring (bicyclic) bond motifs is 1. The van der Waals surface area contributed by atoms with Gasteiger partial charge in [-0.2, -0.15) is 0 Å². The van der Waals surface area contributed by atoms with Crippen molar-refractivity contribution in [1.82, 2.24) is 9.38 Å². The van der Waals surface area contributed by atoms with Crippen molar-refractivity contribution in [2.45, 2.75) is 27.4 Å². The van der Waals surface area contributed by atoms with E-state index in [2.05, 4.69) is 4.98 Å². The maximum Gasteiger partial charge on any atom is 0.338 e. The molecule has 0 bridgehead atoms. The lowest BCUT2D eigenvalue weighted by molar-refractivity contribution is 0.0467. The lowest BCUT2D eigenvalue weighted by atomic mass is 10.2. The first-order valence-corrected chi connectivity index (χ1v) is 9.34. The van der Waals surface area contributed by atoms with Crippen LogP contribution < -0.4 is 15.0 Å². The summed E-state index contributed by atoms with van der Waals surface area (Å²) >= 11 is 0. The van der Waals surface area contributed by atoms with E-state index in [0.29, 0.717) is 40.9 Å². The highest BCUT2D eigenvalue weighted by atomic mass is 16.5. The molecule has 0 saturated carbocycles. The summed E-state index contributed by atoms with van der Waals surface area (Å²) in [6.07, 6.45) is 1.72. The van der Waals surface area contributed by atoms with Crippen LogP contribution in [0.3, 0.4) is 0 Å². The summed E-state index contributed by atoms with van der Waals surface area (Å²) in [5.41, 5.74) is 1.94. The van der Waals surface area contributed by atoms with Crippen LogP contribution in [0.2, 0.25) is 0 Å². The molecule has 0 atom stereocenters. The Morgan fingerprint density at radius 1 is 1.14 bits per heavy atom. The molecule has 0 aliphatic carbocycles. The van der Waals surface area contributed by atoms with E-state index < -0.39 is 5.97 Å². The molecule has 29 heavy (non-hydrogen) atoms. The summed E-state index contributed by atoms with van der Waals surface area (Å²) in [6, 6.07) is 9.86. The summed E-state index contributed by atoms with van der Waals surface area (Å²) in [6.45, 7) is 6.43. The molecule has 1 aromatic carbocycles. The minimum atomic E-state index is -0.537. The molecule has 0 spiro atoms. The highest BCUT2D eigenvalue weighted by Crippen LogP contribution is 2.28. The molecule has 3 aromatic rings. The van der Waals surface area contributed by atoms with Gasteiger partial charge in [0.2, 0.25) is 0 Å². The number of methoxy groups -OCH3 is 1. The van der Waals surface area contributed by atoms with Gasteiger partial charge in [0.05, 0.1) is 25.0 Å². The van der Waals surface area contributed by atoms with E-state index >= 15 is 0 Å². The van der Waals surface area contributed by atoms with Crippen LogP contribution in [0.1, 0.15) is 35.5 Å². The summed E-state index contributed by atoms with van der Waals surface area (Å²) in [5.74, 6) is 0.853. The molecule has 7 heteroatoms. The number of rotatable bonds is 7. The van der Waals surface area contributed by atoms with Gasteiger partial charge in [-0.25, -0.2) is 9.78 Å². The standard InChI is InChI=1S/C22H24N2O5/c1-14(2)12-28-18-7-6-16(9-19(18)27-4)22(26)29-13-17-10-21(25)24-11-15(3)5-8-20(24)23-17/h5-11,14H,12-13H2,1-4H3. The third kappa shape index (κ3) is 4.93. The monoisotopic (exact) mass is 396 g/mol. The lowest BCUT2D eigenvalue weighted by Crippen LogP contribution is -2.17. The summed E-state index contributed by atoms with van der Waals surface area (Å²) in [4.78, 5) is 29.0. The number of hydrogen-bond donors (Lipinski definition) is 0. The van der Waals surface area contributed by atoms with Crippen LogP contribution in [-0.4, -0.2) is 29.1 Å². The fraction of sp³-hybridized carbons (Fsp3) is 0.318. The van der Waals surface area contributed by atoms with Crippen molar-refractivity contribution >= 4 is 11.6 Å². The molecule has 0 unspecified atom stereocenters. The molecule has 0 aliphatic heterocycles. The van der Waals surface area contributed by atoms with Crippen molar-refractivity contribution < 1.29 is 19.0 Å². The maximum atomic E-state index is 12.4. The van der Waals surface area contributed by atoms with Gasteiger partial charge in [0.25, 0.3) is 5.56 Å². The quantitative estimate of drug-likeness (QED) is 0.570. The van der Waals surface area contributed by atoms with E-state index in [0.717, 1.165) is 5.56 Å². The van der Waals surface area contributed by atoms with E-state index in [4.69, 9.17) is 14.2 Å². The van der Waals surface area contributed by atoms with Crippen LogP contribution in [0.25, 0.3) is 5.65 Å². The van der Waals surface area contributed by atoms with Crippen LogP contribution in [0, 0.1) is 12.8 Å². The predicted octanol–water partition coefficient (Wildman–Crippen LogP) is 3.40. The van der Waals surface area contributed by atoms with Crippen molar-refractivity contribution in [1.29, 1.82) is 0 Å². The number of benzene rings is 1. The molecule has 2 aromatic heterocycles. The highest BCUT2D eigenvalue weighted by molar-refractivity contribution is 5.90. The van der Waals surface area contributed by atoms with Crippen molar-refractivity contribution in [3.05, 3.63) is 69.8 Å². The summed E-state index contributed by atoms with van der Waals surface area (Å²) < 4.78 is 17.8. The van der Waals surface area contributed by atoms with Gasteiger partial charge in [0.15, 0.2) is 11.5 Å². The number of hydrogen-bond acceptors (Lipinski definition) is 6. The Balaban J connectivity index is 1.73. The topological polar surface area (TPSA) is 79.1 Å². The van der Waals surface area contributed by atoms with Crippen LogP contribution in [0.15, 0.2) is 47.4 Å². The average molecular weight is 396 g/mol. The average Bonchev–Trinajstić information content (AvgIpc) is 2.70. The largest absolute Gasteiger partial charge is 0.493 e. The Morgan fingerprint density at radius 2 is 1.93 bits per heavy atom. The van der Waals surface area contributed by atoms with Gasteiger partial charge in [-0.3, -0.25) is 9.20 Å². The Kier molecular flexibility index (Phi) is 6.16. The molecule has 0 N–H and O–H groups in total. The van der Waals surface area contributed by atoms with Crippen molar-refractivity contribution in [2.75, 3.05) is 13.7 Å². The van der Waals surface area contributed by atoms with Crippen LogP contribution in [0.5, 0.6) is 11.5 Å². The molecule has 3 rings (SSSR count). The molecule has 7 nitrogen and oxygen atoms in total. The van der Waals surface area contributed by atoms with Crippen molar-refractivity contribution in [3.63, 3.8) is 0 Å². The number of esters is 1. The summed E-state index contributed by atoms with van der Waals surface area (Å²) in [7, 11) is 1.51. The molecule has 0 saturated heterocycles. The van der Waals surface area contributed by atoms with Gasteiger partial charge in [0.1, 0.15) is 12.3 Å². The van der Waals surface area contributed by atoms with E-state index in [9.17, 15) is 9.59 Å². The number of carbonyl (C=O) groups excluding carboxylic acids is 1. The van der Waals surface area contributed by atoms with Gasteiger partial charge in [-0.15, -0.1) is 0 Å². The fourth-order valence-corrected chi connectivity index (χ4v) is 2.73. The second-order valence-corrected chi connectivity index (χ2v) is 7.17. The van der Waals surface area contributed by atoms with Gasteiger partial charge in [-0.05, 0) is 42.7 Å². The lowest BCUT2D eigenvalue weighted by Gasteiger charge is -2.13. The van der Waals surface area contributed by atoms with E-state index in [1.54, 1.807) is 30.5 Å². The number of pyridine rings is 1. The van der Waals surface area contributed by atoms with E-state index in [1.165, 1.54) is 17.6 Å². The van der Waals surface area contributed by atoms with Gasteiger partial charge < -0.3 is 14.2 Å². The predicted molar refractivity (Wildman–Crippen MR) is 109 cm³/mol. The zero-order valence-electron chi connectivity index (χ0n) is 17.0.